The van der Waals surface area contributed by atoms with Gasteiger partial charge in [0.15, 0.2) is 0 Å². The van der Waals surface area contributed by atoms with Crippen molar-refractivity contribution in [2.45, 2.75) is 13.0 Å². The zero-order valence-electron chi connectivity index (χ0n) is 11.9. The second-order valence-corrected chi connectivity index (χ2v) is 5.44. The van der Waals surface area contributed by atoms with Crippen LogP contribution >= 0.6 is 11.3 Å². The molecule has 1 aromatic heterocycles. The van der Waals surface area contributed by atoms with Crippen LogP contribution in [0.1, 0.15) is 22.3 Å². The van der Waals surface area contributed by atoms with Gasteiger partial charge in [0, 0.05) is 12.1 Å². The molecule has 0 spiro atoms. The van der Waals surface area contributed by atoms with Crippen LogP contribution in [0.15, 0.2) is 29.6 Å². The lowest BCUT2D eigenvalue weighted by Gasteiger charge is -2.10. The fraction of sp³-hybridized carbons (Fsp3) is 0.214. The largest absolute Gasteiger partial charge is 0.493 e. The van der Waals surface area contributed by atoms with Crippen molar-refractivity contribution in [1.29, 1.82) is 0 Å². The minimum Gasteiger partial charge on any atom is -0.493 e. The highest BCUT2D eigenvalue weighted by atomic mass is 32.1. The summed E-state index contributed by atoms with van der Waals surface area (Å²) in [5.74, 6) is -1.61. The van der Waals surface area contributed by atoms with Crippen LogP contribution in [0, 0.1) is 0 Å². The summed E-state index contributed by atoms with van der Waals surface area (Å²) < 4.78 is 13.9. The average molecular weight is 339 g/mol. The highest BCUT2D eigenvalue weighted by Gasteiger charge is 2.12. The molecule has 0 fully saturated rings. The summed E-state index contributed by atoms with van der Waals surface area (Å²) in [4.78, 5) is 25.7. The number of carboxylic acids is 1. The number of carbonyl (C=O) groups is 2. The van der Waals surface area contributed by atoms with Crippen LogP contribution in [0.25, 0.3) is 0 Å². The number of halogens is 1. The van der Waals surface area contributed by atoms with E-state index >= 15 is 0 Å². The van der Waals surface area contributed by atoms with Crippen molar-refractivity contribution in [2.24, 2.45) is 0 Å². The maximum atomic E-state index is 13.9. The van der Waals surface area contributed by atoms with Crippen molar-refractivity contribution in [1.82, 2.24) is 10.3 Å². The molecule has 2 aromatic rings. The molecule has 0 saturated carbocycles. The first-order valence-electron chi connectivity index (χ1n) is 6.62. The van der Waals surface area contributed by atoms with Crippen LogP contribution in [0.3, 0.4) is 0 Å². The number of rotatable bonds is 7. The van der Waals surface area contributed by atoms with Crippen LogP contribution in [0.2, 0.25) is 0 Å². The van der Waals surface area contributed by atoms with Crippen LogP contribution in [0.4, 0.5) is 9.61 Å². The Balaban J connectivity index is 1.91. The summed E-state index contributed by atoms with van der Waals surface area (Å²) in [6.45, 7) is -0.0322. The van der Waals surface area contributed by atoms with E-state index in [1.807, 2.05) is 0 Å². The molecular weight excluding hydrogens is 325 g/mol. The maximum Gasteiger partial charge on any atom is 0.305 e. The monoisotopic (exact) mass is 339 g/mol. The van der Waals surface area contributed by atoms with Gasteiger partial charge in [0.25, 0.3) is 5.91 Å². The van der Waals surface area contributed by atoms with Gasteiger partial charge < -0.3 is 15.5 Å². The third-order valence-corrected chi connectivity index (χ3v) is 3.68. The number of aliphatic carboxylic acids is 1. The lowest BCUT2D eigenvalue weighted by molar-refractivity contribution is -0.136. The van der Waals surface area contributed by atoms with E-state index in [9.17, 15) is 14.1 Å². The lowest BCUT2D eigenvalue weighted by Crippen LogP contribution is -2.26. The molecular formula is C14H14FN3O4S. The Morgan fingerprint density at radius 3 is 2.57 bits per heavy atom. The Kier molecular flexibility index (Phi) is 5.47. The number of nitrogens with one attached hydrogen (secondary N) is 1. The van der Waals surface area contributed by atoms with Gasteiger partial charge >= 0.3 is 5.97 Å². The highest BCUT2D eigenvalue weighted by Crippen LogP contribution is 2.25. The Bertz CT molecular complexity index is 690. The van der Waals surface area contributed by atoms with E-state index in [0.717, 1.165) is 11.3 Å². The summed E-state index contributed by atoms with van der Waals surface area (Å²) in [7, 11) is 0. The summed E-state index contributed by atoms with van der Waals surface area (Å²) >= 11 is 0.974. The Morgan fingerprint density at radius 2 is 2.00 bits per heavy atom. The third-order valence-electron chi connectivity index (χ3n) is 2.85. The first kappa shape index (κ1) is 16.7. The number of carbonyl (C=O) groups excluding carboxylic acids is 1. The molecule has 0 saturated heterocycles. The number of hydrogen-bond acceptors (Lipinski definition) is 6. The molecule has 122 valence electrons. The van der Waals surface area contributed by atoms with Crippen LogP contribution in [-0.4, -0.2) is 33.6 Å². The van der Waals surface area contributed by atoms with Gasteiger partial charge in [0.05, 0.1) is 18.3 Å². The third kappa shape index (κ3) is 4.92. The molecule has 0 aliphatic rings. The second-order valence-electron chi connectivity index (χ2n) is 4.61. The molecule has 0 atom stereocenters. The maximum absolute atomic E-state index is 13.9. The van der Waals surface area contributed by atoms with Gasteiger partial charge in [-0.1, -0.05) is 28.0 Å². The fourth-order valence-electron chi connectivity index (χ4n) is 1.74. The Hall–Kier alpha value is -2.68. The number of carboxylic acid groups (broad SMARTS) is 1. The van der Waals surface area contributed by atoms with Crippen molar-refractivity contribution in [3.63, 3.8) is 0 Å². The number of thiazole rings is 1. The minimum atomic E-state index is -0.989. The summed E-state index contributed by atoms with van der Waals surface area (Å²) in [5.41, 5.74) is 0.973. The van der Waals surface area contributed by atoms with E-state index in [2.05, 4.69) is 10.3 Å². The van der Waals surface area contributed by atoms with Crippen molar-refractivity contribution in [3.8, 4) is 5.88 Å². The molecule has 0 unspecified atom stereocenters. The van der Waals surface area contributed by atoms with Crippen molar-refractivity contribution < 1.29 is 24.3 Å². The minimum absolute atomic E-state index is 0.0398. The quantitative estimate of drug-likeness (QED) is 0.666. The summed E-state index contributed by atoms with van der Waals surface area (Å²) in [6.07, 6.45) is -0.151. The number of amides is 1. The zero-order valence-corrected chi connectivity index (χ0v) is 12.7. The normalized spacial score (nSPS) is 10.3. The molecule has 9 heteroatoms. The van der Waals surface area contributed by atoms with E-state index in [1.165, 1.54) is 17.5 Å². The predicted molar refractivity (Wildman–Crippen MR) is 82.1 cm³/mol. The van der Waals surface area contributed by atoms with E-state index in [4.69, 9.17) is 10.2 Å². The van der Waals surface area contributed by atoms with Gasteiger partial charge in [0.2, 0.25) is 11.0 Å². The molecule has 23 heavy (non-hydrogen) atoms. The number of nitrogens with zero attached hydrogens (tertiary/aromatic N) is 2. The number of aromatic nitrogens is 1. The smallest absolute Gasteiger partial charge is 0.305 e. The SMILES string of the molecule is O=C(O)CCNC(=O)c1ccc(CN(F)c2nc(O)cs2)cc1. The van der Waals surface area contributed by atoms with Gasteiger partial charge in [-0.05, 0) is 17.7 Å². The Labute approximate surface area is 134 Å². The second kappa shape index (κ2) is 7.54. The lowest BCUT2D eigenvalue weighted by atomic mass is 10.1. The molecule has 2 rings (SSSR count). The molecule has 3 N–H and O–H groups in total. The van der Waals surface area contributed by atoms with E-state index < -0.39 is 5.97 Å². The molecule has 0 aliphatic heterocycles. The number of hydrogen-bond donors (Lipinski definition) is 3. The molecule has 7 nitrogen and oxygen atoms in total. The zero-order chi connectivity index (χ0) is 16.8. The van der Waals surface area contributed by atoms with E-state index in [0.29, 0.717) is 16.2 Å². The number of aromatic hydroxyl groups is 1. The van der Waals surface area contributed by atoms with E-state index in [1.54, 1.807) is 12.1 Å². The van der Waals surface area contributed by atoms with Gasteiger partial charge in [-0.25, -0.2) is 0 Å². The predicted octanol–water partition coefficient (Wildman–Crippen LogP) is 1.94. The van der Waals surface area contributed by atoms with E-state index in [-0.39, 0.29) is 36.4 Å². The van der Waals surface area contributed by atoms with Gasteiger partial charge in [-0.3, -0.25) is 9.59 Å². The summed E-state index contributed by atoms with van der Waals surface area (Å²) in [5, 5.41) is 21.8. The first-order chi connectivity index (χ1) is 11.0. The van der Waals surface area contributed by atoms with Gasteiger partial charge in [-0.2, -0.15) is 10.1 Å². The fourth-order valence-corrected chi connectivity index (χ4v) is 2.33. The number of benzene rings is 1. The topological polar surface area (TPSA) is 103 Å². The molecule has 1 aromatic carbocycles. The molecule has 1 heterocycles. The van der Waals surface area contributed by atoms with Crippen molar-refractivity contribution in [2.75, 3.05) is 11.7 Å². The summed E-state index contributed by atoms with van der Waals surface area (Å²) in [6, 6.07) is 6.23. The molecule has 0 radical (unpaired) electrons. The van der Waals surface area contributed by atoms with Crippen LogP contribution < -0.4 is 10.4 Å². The average Bonchev–Trinajstić information content (AvgIpc) is 2.94. The van der Waals surface area contributed by atoms with Crippen LogP contribution in [0.5, 0.6) is 5.88 Å². The van der Waals surface area contributed by atoms with Gasteiger partial charge in [-0.15, -0.1) is 0 Å². The standard InChI is InChI=1S/C14H14FN3O4S/c15-18(14-17-11(19)8-23-14)7-9-1-3-10(4-2-9)13(22)16-6-5-12(20)21/h1-4,8,19H,5-7H2,(H,16,22)(H,20,21). The molecule has 0 aliphatic carbocycles. The van der Waals surface area contributed by atoms with Crippen LogP contribution in [-0.2, 0) is 11.3 Å². The molecule has 0 bridgehead atoms. The van der Waals surface area contributed by atoms with Gasteiger partial charge in [0.1, 0.15) is 0 Å². The Morgan fingerprint density at radius 1 is 1.30 bits per heavy atom. The highest BCUT2D eigenvalue weighted by molar-refractivity contribution is 7.13. The first-order valence-corrected chi connectivity index (χ1v) is 7.50. The van der Waals surface area contributed by atoms with Crippen molar-refractivity contribution in [3.05, 3.63) is 40.8 Å². The molecule has 1 amide bonds. The number of anilines is 1. The van der Waals surface area contributed by atoms with Crippen molar-refractivity contribution >= 4 is 28.3 Å².